The molecule has 0 spiro atoms. The number of amides is 1. The van der Waals surface area contributed by atoms with Gasteiger partial charge in [-0.2, -0.15) is 13.2 Å². The lowest BCUT2D eigenvalue weighted by molar-refractivity contribution is -0.137. The average molecular weight is 464 g/mol. The molecule has 0 saturated heterocycles. The van der Waals surface area contributed by atoms with Crippen LogP contribution in [0.3, 0.4) is 0 Å². The second-order valence-corrected chi connectivity index (χ2v) is 7.90. The first-order valence-corrected chi connectivity index (χ1v) is 9.99. The molecule has 4 rings (SSSR count). The number of carbonyl (C=O) groups excluding carboxylic acids is 1. The van der Waals surface area contributed by atoms with Crippen LogP contribution >= 0.6 is 11.6 Å². The highest BCUT2D eigenvalue weighted by atomic mass is 35.5. The highest BCUT2D eigenvalue weighted by Gasteiger charge is 2.31. The number of nitrogens with one attached hydrogen (secondary N) is 1. The molecule has 0 bridgehead atoms. The Labute approximate surface area is 184 Å². The SMILES string of the molecule is CC(C)c1nnc2c(=O)n(CC(=O)Nc3cc(C(F)(F)F)ccc3Cl)c3ccccc3n12. The van der Waals surface area contributed by atoms with Gasteiger partial charge < -0.3 is 5.32 Å². The van der Waals surface area contributed by atoms with Crippen molar-refractivity contribution >= 4 is 39.9 Å². The highest BCUT2D eigenvalue weighted by molar-refractivity contribution is 6.33. The topological polar surface area (TPSA) is 81.3 Å². The van der Waals surface area contributed by atoms with E-state index in [0.717, 1.165) is 18.2 Å². The van der Waals surface area contributed by atoms with E-state index in [4.69, 9.17) is 11.6 Å². The maximum Gasteiger partial charge on any atom is 0.416 e. The zero-order valence-electron chi connectivity index (χ0n) is 16.9. The molecular formula is C21H17ClF3N5O2. The van der Waals surface area contributed by atoms with Gasteiger partial charge >= 0.3 is 6.18 Å². The molecule has 0 unspecified atom stereocenters. The number of hydrogen-bond donors (Lipinski definition) is 1. The molecule has 32 heavy (non-hydrogen) atoms. The number of alkyl halides is 3. The van der Waals surface area contributed by atoms with Crippen molar-refractivity contribution in [3.05, 3.63) is 69.2 Å². The first-order valence-electron chi connectivity index (χ1n) is 9.61. The van der Waals surface area contributed by atoms with Crippen molar-refractivity contribution in [3.63, 3.8) is 0 Å². The van der Waals surface area contributed by atoms with Crippen molar-refractivity contribution in [3.8, 4) is 0 Å². The summed E-state index contributed by atoms with van der Waals surface area (Å²) in [6, 6.07) is 9.56. The molecule has 1 amide bonds. The Balaban J connectivity index is 1.76. The van der Waals surface area contributed by atoms with E-state index in [0.29, 0.717) is 16.9 Å². The van der Waals surface area contributed by atoms with Gasteiger partial charge in [-0.25, -0.2) is 0 Å². The summed E-state index contributed by atoms with van der Waals surface area (Å²) in [6.45, 7) is 3.39. The van der Waals surface area contributed by atoms with Crippen molar-refractivity contribution in [1.29, 1.82) is 0 Å². The van der Waals surface area contributed by atoms with E-state index in [1.54, 1.807) is 28.7 Å². The summed E-state index contributed by atoms with van der Waals surface area (Å²) in [6.07, 6.45) is -4.59. The molecule has 0 radical (unpaired) electrons. The smallest absolute Gasteiger partial charge is 0.323 e. The van der Waals surface area contributed by atoms with Crippen LogP contribution in [-0.2, 0) is 17.5 Å². The number of rotatable bonds is 4. The maximum atomic E-state index is 13.1. The van der Waals surface area contributed by atoms with Gasteiger partial charge in [0, 0.05) is 5.92 Å². The third kappa shape index (κ3) is 3.81. The number of para-hydroxylation sites is 2. The third-order valence-electron chi connectivity index (χ3n) is 4.92. The van der Waals surface area contributed by atoms with Gasteiger partial charge in [0.1, 0.15) is 12.4 Å². The first kappa shape index (κ1) is 21.8. The first-order chi connectivity index (χ1) is 15.1. The zero-order chi connectivity index (χ0) is 23.2. The molecule has 0 fully saturated rings. The predicted octanol–water partition coefficient (Wildman–Crippen LogP) is 4.48. The van der Waals surface area contributed by atoms with E-state index in [1.807, 2.05) is 13.8 Å². The molecule has 4 aromatic rings. The summed E-state index contributed by atoms with van der Waals surface area (Å²) >= 11 is 5.96. The summed E-state index contributed by atoms with van der Waals surface area (Å²) in [5.74, 6) is -0.123. The van der Waals surface area contributed by atoms with Gasteiger partial charge in [-0.05, 0) is 30.3 Å². The predicted molar refractivity (Wildman–Crippen MR) is 114 cm³/mol. The number of aromatic nitrogens is 4. The van der Waals surface area contributed by atoms with Gasteiger partial charge in [-0.3, -0.25) is 18.6 Å². The number of anilines is 1. The minimum absolute atomic E-state index is 0.00462. The minimum Gasteiger partial charge on any atom is -0.323 e. The molecule has 2 heterocycles. The molecule has 0 aliphatic heterocycles. The van der Waals surface area contributed by atoms with Crippen LogP contribution in [0.5, 0.6) is 0 Å². The van der Waals surface area contributed by atoms with Crippen molar-refractivity contribution in [2.24, 2.45) is 0 Å². The second-order valence-electron chi connectivity index (χ2n) is 7.49. The largest absolute Gasteiger partial charge is 0.416 e. The van der Waals surface area contributed by atoms with E-state index in [9.17, 15) is 22.8 Å². The fraction of sp³-hybridized carbons (Fsp3) is 0.238. The Morgan fingerprint density at radius 1 is 1.12 bits per heavy atom. The van der Waals surface area contributed by atoms with Gasteiger partial charge in [0.15, 0.2) is 0 Å². The monoisotopic (exact) mass is 463 g/mol. The normalized spacial score (nSPS) is 12.1. The number of halogens is 4. The maximum absolute atomic E-state index is 13.1. The van der Waals surface area contributed by atoms with E-state index >= 15 is 0 Å². The number of nitrogens with zero attached hydrogens (tertiary/aromatic N) is 4. The van der Waals surface area contributed by atoms with E-state index < -0.39 is 29.8 Å². The number of fused-ring (bicyclic) bond motifs is 3. The van der Waals surface area contributed by atoms with Crippen molar-refractivity contribution in [1.82, 2.24) is 19.2 Å². The Hall–Kier alpha value is -3.40. The molecule has 0 aliphatic carbocycles. The fourth-order valence-corrected chi connectivity index (χ4v) is 3.61. The molecular weight excluding hydrogens is 447 g/mol. The standard InChI is InChI=1S/C21H17ClF3N5O2/c1-11(2)18-27-28-19-20(32)29(15-5-3-4-6-16(15)30(18)19)10-17(31)26-14-9-12(21(23,24)25)7-8-13(14)22/h3-9,11H,10H2,1-2H3,(H,26,31). The van der Waals surface area contributed by atoms with Gasteiger partial charge in [0.2, 0.25) is 11.6 Å². The fourth-order valence-electron chi connectivity index (χ4n) is 3.45. The van der Waals surface area contributed by atoms with Crippen LogP contribution in [0.2, 0.25) is 5.02 Å². The number of hydrogen-bond acceptors (Lipinski definition) is 4. The molecule has 2 aromatic heterocycles. The molecule has 7 nitrogen and oxygen atoms in total. The van der Waals surface area contributed by atoms with Gasteiger partial charge in [0.25, 0.3) is 5.56 Å². The summed E-state index contributed by atoms with van der Waals surface area (Å²) in [4.78, 5) is 25.8. The molecule has 0 saturated carbocycles. The molecule has 0 aliphatic rings. The molecule has 11 heteroatoms. The lowest BCUT2D eigenvalue weighted by Gasteiger charge is -2.14. The quantitative estimate of drug-likeness (QED) is 0.484. The van der Waals surface area contributed by atoms with Crippen molar-refractivity contribution in [2.75, 3.05) is 5.32 Å². The van der Waals surface area contributed by atoms with Crippen LogP contribution in [0, 0.1) is 0 Å². The van der Waals surface area contributed by atoms with Crippen LogP contribution in [0.4, 0.5) is 18.9 Å². The molecule has 0 atom stereocenters. The lowest BCUT2D eigenvalue weighted by Crippen LogP contribution is -2.29. The van der Waals surface area contributed by atoms with E-state index in [-0.39, 0.29) is 22.3 Å². The van der Waals surface area contributed by atoms with Crippen LogP contribution in [0.1, 0.15) is 31.2 Å². The Kier molecular flexibility index (Phi) is 5.41. The van der Waals surface area contributed by atoms with Gasteiger partial charge in [-0.1, -0.05) is 37.6 Å². The molecule has 166 valence electrons. The van der Waals surface area contributed by atoms with Crippen molar-refractivity contribution < 1.29 is 18.0 Å². The highest BCUT2D eigenvalue weighted by Crippen LogP contribution is 2.33. The zero-order valence-corrected chi connectivity index (χ0v) is 17.7. The van der Waals surface area contributed by atoms with Crippen LogP contribution in [-0.4, -0.2) is 25.1 Å². The summed E-state index contributed by atoms with van der Waals surface area (Å²) in [7, 11) is 0. The Bertz CT molecular complexity index is 1410. The lowest BCUT2D eigenvalue weighted by atomic mass is 10.2. The van der Waals surface area contributed by atoms with Gasteiger partial charge in [0.05, 0.1) is 27.3 Å². The minimum atomic E-state index is -4.59. The van der Waals surface area contributed by atoms with Crippen LogP contribution in [0.25, 0.3) is 16.7 Å². The van der Waals surface area contributed by atoms with E-state index in [2.05, 4.69) is 15.5 Å². The Morgan fingerprint density at radius 3 is 2.47 bits per heavy atom. The van der Waals surface area contributed by atoms with Crippen molar-refractivity contribution in [2.45, 2.75) is 32.5 Å². The number of carbonyl (C=O) groups is 1. The van der Waals surface area contributed by atoms with Gasteiger partial charge in [-0.15, -0.1) is 10.2 Å². The van der Waals surface area contributed by atoms with Crippen LogP contribution in [0.15, 0.2) is 47.3 Å². The second kappa shape index (κ2) is 7.94. The molecule has 2 aromatic carbocycles. The summed E-state index contributed by atoms with van der Waals surface area (Å²) in [5.41, 5.74) is -0.566. The van der Waals surface area contributed by atoms with Crippen LogP contribution < -0.4 is 10.9 Å². The Morgan fingerprint density at radius 2 is 1.81 bits per heavy atom. The van der Waals surface area contributed by atoms with E-state index in [1.165, 1.54) is 4.57 Å². The average Bonchev–Trinajstić information content (AvgIpc) is 3.18. The molecule has 1 N–H and O–H groups in total. The number of benzene rings is 2. The summed E-state index contributed by atoms with van der Waals surface area (Å²) < 4.78 is 41.9. The third-order valence-corrected chi connectivity index (χ3v) is 5.25. The summed E-state index contributed by atoms with van der Waals surface area (Å²) in [5, 5.41) is 10.4.